The molecule has 1 aromatic heterocycles. The number of hydrogen-bond acceptors (Lipinski definition) is 5. The molecule has 0 atom stereocenters. The van der Waals surface area contributed by atoms with Crippen molar-refractivity contribution in [3.05, 3.63) is 71.9 Å². The number of nitrogens with zero attached hydrogens (tertiary/aromatic N) is 3. The molecular weight excluding hydrogens is 440 g/mol. The van der Waals surface area contributed by atoms with Crippen molar-refractivity contribution >= 4 is 21.7 Å². The van der Waals surface area contributed by atoms with Crippen LogP contribution in [0.5, 0.6) is 5.75 Å². The Morgan fingerprint density at radius 1 is 1.12 bits per heavy atom. The van der Waals surface area contributed by atoms with Crippen LogP contribution < -0.4 is 10.1 Å². The van der Waals surface area contributed by atoms with E-state index in [9.17, 15) is 13.2 Å². The average molecular weight is 469 g/mol. The number of methoxy groups -OCH3 is 1. The predicted molar refractivity (Wildman–Crippen MR) is 126 cm³/mol. The third-order valence-corrected chi connectivity index (χ3v) is 7.82. The van der Waals surface area contributed by atoms with Crippen LogP contribution in [0.4, 0.5) is 5.82 Å². The van der Waals surface area contributed by atoms with Crippen molar-refractivity contribution in [3.63, 3.8) is 0 Å². The van der Waals surface area contributed by atoms with Gasteiger partial charge in [-0.05, 0) is 49.6 Å². The van der Waals surface area contributed by atoms with Crippen LogP contribution in [-0.4, -0.2) is 48.6 Å². The molecule has 33 heavy (non-hydrogen) atoms. The van der Waals surface area contributed by atoms with E-state index in [1.54, 1.807) is 41.2 Å². The van der Waals surface area contributed by atoms with Gasteiger partial charge in [-0.2, -0.15) is 9.40 Å². The van der Waals surface area contributed by atoms with Crippen LogP contribution >= 0.6 is 0 Å². The molecule has 8 nitrogen and oxygen atoms in total. The topological polar surface area (TPSA) is 93.5 Å². The van der Waals surface area contributed by atoms with E-state index in [0.717, 1.165) is 5.56 Å². The van der Waals surface area contributed by atoms with Gasteiger partial charge in [-0.25, -0.2) is 13.1 Å². The molecule has 2 aromatic carbocycles. The Bertz CT molecular complexity index is 1210. The summed E-state index contributed by atoms with van der Waals surface area (Å²) in [6.45, 7) is 3.20. The van der Waals surface area contributed by atoms with E-state index < -0.39 is 10.0 Å². The highest BCUT2D eigenvalue weighted by Gasteiger charge is 2.32. The minimum atomic E-state index is -3.60. The summed E-state index contributed by atoms with van der Waals surface area (Å²) < 4.78 is 34.2. The third kappa shape index (κ3) is 5.26. The van der Waals surface area contributed by atoms with Gasteiger partial charge in [-0.1, -0.05) is 29.8 Å². The molecule has 0 saturated carbocycles. The van der Waals surface area contributed by atoms with Crippen molar-refractivity contribution in [1.82, 2.24) is 14.1 Å². The second-order valence-corrected chi connectivity index (χ2v) is 10.1. The second-order valence-electron chi connectivity index (χ2n) is 8.21. The first-order valence-electron chi connectivity index (χ1n) is 10.9. The van der Waals surface area contributed by atoms with E-state index in [1.807, 2.05) is 25.1 Å². The molecule has 174 valence electrons. The first-order chi connectivity index (χ1) is 15.9. The Morgan fingerprint density at radius 3 is 2.52 bits per heavy atom. The van der Waals surface area contributed by atoms with Gasteiger partial charge >= 0.3 is 0 Å². The highest BCUT2D eigenvalue weighted by molar-refractivity contribution is 7.89. The van der Waals surface area contributed by atoms with Gasteiger partial charge in [0.15, 0.2) is 0 Å². The molecule has 4 rings (SSSR count). The van der Waals surface area contributed by atoms with Crippen LogP contribution in [0.1, 0.15) is 24.0 Å². The highest BCUT2D eigenvalue weighted by Crippen LogP contribution is 2.26. The lowest BCUT2D eigenvalue weighted by molar-refractivity contribution is -0.121. The van der Waals surface area contributed by atoms with E-state index in [4.69, 9.17) is 4.74 Å². The molecule has 1 amide bonds. The van der Waals surface area contributed by atoms with Crippen LogP contribution in [0.2, 0.25) is 0 Å². The standard InChI is InChI=1S/C24H28N4O4S/c1-18-4-3-5-19(16-18)17-28-23(10-13-25-28)26-24(29)20-11-14-27(15-12-20)33(30,31)22-8-6-21(32-2)7-9-22/h3-10,13,16,20H,11-12,14-15,17H2,1-2H3,(H,26,29). The Balaban J connectivity index is 1.36. The van der Waals surface area contributed by atoms with Gasteiger partial charge in [-0.3, -0.25) is 4.79 Å². The smallest absolute Gasteiger partial charge is 0.243 e. The molecule has 1 aliphatic heterocycles. The number of piperidine rings is 1. The Hall–Kier alpha value is -3.17. The molecule has 0 spiro atoms. The van der Waals surface area contributed by atoms with Gasteiger partial charge in [0.25, 0.3) is 0 Å². The first-order valence-corrected chi connectivity index (χ1v) is 12.3. The van der Waals surface area contributed by atoms with Crippen molar-refractivity contribution < 1.29 is 17.9 Å². The highest BCUT2D eigenvalue weighted by atomic mass is 32.2. The van der Waals surface area contributed by atoms with Gasteiger partial charge in [0.05, 0.1) is 24.7 Å². The number of ether oxygens (including phenoxy) is 1. The van der Waals surface area contributed by atoms with Crippen LogP contribution in [0.3, 0.4) is 0 Å². The SMILES string of the molecule is COc1ccc(S(=O)(=O)N2CCC(C(=O)Nc3ccnn3Cc3cccc(C)c3)CC2)cc1. The monoisotopic (exact) mass is 468 g/mol. The summed E-state index contributed by atoms with van der Waals surface area (Å²) in [5, 5.41) is 7.31. The number of aromatic nitrogens is 2. The van der Waals surface area contributed by atoms with Crippen molar-refractivity contribution in [2.75, 3.05) is 25.5 Å². The summed E-state index contributed by atoms with van der Waals surface area (Å²) >= 11 is 0. The number of nitrogens with one attached hydrogen (secondary N) is 1. The Kier molecular flexibility index (Phi) is 6.80. The zero-order valence-corrected chi connectivity index (χ0v) is 19.6. The number of anilines is 1. The molecule has 0 radical (unpaired) electrons. The molecule has 1 aliphatic rings. The molecule has 0 bridgehead atoms. The van der Waals surface area contributed by atoms with Crippen LogP contribution in [0.25, 0.3) is 0 Å². The lowest BCUT2D eigenvalue weighted by atomic mass is 9.97. The molecule has 2 heterocycles. The van der Waals surface area contributed by atoms with E-state index in [1.165, 1.54) is 17.0 Å². The molecule has 0 aliphatic carbocycles. The van der Waals surface area contributed by atoms with Gasteiger partial charge in [0.1, 0.15) is 11.6 Å². The van der Waals surface area contributed by atoms with Crippen molar-refractivity contribution in [2.24, 2.45) is 5.92 Å². The van der Waals surface area contributed by atoms with Crippen molar-refractivity contribution in [3.8, 4) is 5.75 Å². The maximum Gasteiger partial charge on any atom is 0.243 e. The van der Waals surface area contributed by atoms with E-state index in [-0.39, 0.29) is 16.7 Å². The largest absolute Gasteiger partial charge is 0.497 e. The van der Waals surface area contributed by atoms with Crippen LogP contribution in [0, 0.1) is 12.8 Å². The molecule has 0 unspecified atom stereocenters. The summed E-state index contributed by atoms with van der Waals surface area (Å²) in [7, 11) is -2.06. The van der Waals surface area contributed by atoms with Crippen LogP contribution in [-0.2, 0) is 21.4 Å². The molecule has 3 aromatic rings. The fourth-order valence-corrected chi connectivity index (χ4v) is 5.50. The summed E-state index contributed by atoms with van der Waals surface area (Å²) in [5.41, 5.74) is 2.27. The van der Waals surface area contributed by atoms with Gasteiger partial charge in [-0.15, -0.1) is 0 Å². The lowest BCUT2D eigenvalue weighted by Gasteiger charge is -2.30. The Labute approximate surface area is 194 Å². The van der Waals surface area contributed by atoms with Gasteiger partial charge < -0.3 is 10.1 Å². The van der Waals surface area contributed by atoms with Gasteiger partial charge in [0.2, 0.25) is 15.9 Å². The number of aryl methyl sites for hydroxylation is 1. The van der Waals surface area contributed by atoms with Crippen molar-refractivity contribution in [2.45, 2.75) is 31.2 Å². The molecule has 9 heteroatoms. The quantitative estimate of drug-likeness (QED) is 0.574. The van der Waals surface area contributed by atoms with E-state index >= 15 is 0 Å². The first kappa shape index (κ1) is 23.0. The zero-order valence-electron chi connectivity index (χ0n) is 18.8. The zero-order chi connectivity index (χ0) is 23.4. The summed E-state index contributed by atoms with van der Waals surface area (Å²) in [5.74, 6) is 0.873. The van der Waals surface area contributed by atoms with E-state index in [0.29, 0.717) is 44.0 Å². The number of carbonyl (C=O) groups is 1. The molecule has 1 fully saturated rings. The number of sulfonamides is 1. The van der Waals surface area contributed by atoms with Crippen molar-refractivity contribution in [1.29, 1.82) is 0 Å². The fraction of sp³-hybridized carbons (Fsp3) is 0.333. The maximum absolute atomic E-state index is 12.9. The minimum Gasteiger partial charge on any atom is -0.497 e. The minimum absolute atomic E-state index is 0.109. The molecule has 1 N–H and O–H groups in total. The normalized spacial score (nSPS) is 15.3. The number of rotatable bonds is 7. The maximum atomic E-state index is 12.9. The predicted octanol–water partition coefficient (Wildman–Crippen LogP) is 3.29. The average Bonchev–Trinajstić information content (AvgIpc) is 3.25. The number of benzene rings is 2. The fourth-order valence-electron chi connectivity index (χ4n) is 4.03. The van der Waals surface area contributed by atoms with Gasteiger partial charge in [0, 0.05) is 25.1 Å². The molecular formula is C24H28N4O4S. The Morgan fingerprint density at radius 2 is 1.85 bits per heavy atom. The summed E-state index contributed by atoms with van der Waals surface area (Å²) in [6, 6.07) is 16.3. The second kappa shape index (κ2) is 9.76. The number of hydrogen-bond donors (Lipinski definition) is 1. The molecule has 1 saturated heterocycles. The van der Waals surface area contributed by atoms with Crippen LogP contribution in [0.15, 0.2) is 65.7 Å². The third-order valence-electron chi connectivity index (χ3n) is 5.90. The summed E-state index contributed by atoms with van der Waals surface area (Å²) in [4.78, 5) is 13.1. The lowest BCUT2D eigenvalue weighted by Crippen LogP contribution is -2.41. The number of carbonyl (C=O) groups excluding carboxylic acids is 1. The summed E-state index contributed by atoms with van der Waals surface area (Å²) in [6.07, 6.45) is 2.59. The van der Waals surface area contributed by atoms with E-state index in [2.05, 4.69) is 16.5 Å². The number of amides is 1.